The normalized spacial score (nSPS) is 15.5. The molecule has 0 fully saturated rings. The van der Waals surface area contributed by atoms with Crippen molar-refractivity contribution in [3.8, 4) is 0 Å². The molecule has 176 valence electrons. The molecule has 5 unspecified atom stereocenters. The van der Waals surface area contributed by atoms with Crippen LogP contribution in [0.25, 0.3) is 0 Å². The second-order valence-electron chi connectivity index (χ2n) is 7.30. The van der Waals surface area contributed by atoms with Gasteiger partial charge in [0.05, 0.1) is 12.5 Å². The Morgan fingerprint density at radius 3 is 1.81 bits per heavy atom. The molecule has 0 aromatic carbocycles. The molecule has 5 atom stereocenters. The molecule has 0 saturated heterocycles. The number of hydrogen-bond acceptors (Lipinski definition) is 7. The summed E-state index contributed by atoms with van der Waals surface area (Å²) in [5.74, 6) is -5.80. The van der Waals surface area contributed by atoms with Gasteiger partial charge in [-0.1, -0.05) is 20.3 Å². The van der Waals surface area contributed by atoms with Gasteiger partial charge in [0.2, 0.25) is 29.5 Å². The average molecular weight is 444 g/mol. The number of primary amides is 2. The smallest absolute Gasteiger partial charge is 0.326 e. The van der Waals surface area contributed by atoms with Gasteiger partial charge in [-0.05, 0) is 19.3 Å². The molecule has 0 saturated carbocycles. The SMILES string of the molecule is CCC(C)C(NC(=O)C(C)N)C(=O)NC(CCC(N)=O)C(=O)NC(CC(N)=O)C(=O)O. The van der Waals surface area contributed by atoms with Crippen molar-refractivity contribution in [1.82, 2.24) is 16.0 Å². The Bertz CT molecular complexity index is 697. The van der Waals surface area contributed by atoms with Crippen LogP contribution in [0.15, 0.2) is 0 Å². The molecule has 13 nitrogen and oxygen atoms in total. The van der Waals surface area contributed by atoms with E-state index in [1.165, 1.54) is 6.92 Å². The zero-order chi connectivity index (χ0) is 24.3. The monoisotopic (exact) mass is 444 g/mol. The van der Waals surface area contributed by atoms with Crippen LogP contribution in [-0.4, -0.2) is 64.8 Å². The Morgan fingerprint density at radius 1 is 0.839 bits per heavy atom. The molecule has 0 heterocycles. The number of carboxylic acid groups (broad SMARTS) is 1. The van der Waals surface area contributed by atoms with E-state index in [2.05, 4.69) is 16.0 Å². The lowest BCUT2D eigenvalue weighted by atomic mass is 9.97. The van der Waals surface area contributed by atoms with Gasteiger partial charge >= 0.3 is 5.97 Å². The number of nitrogens with two attached hydrogens (primary N) is 3. The van der Waals surface area contributed by atoms with E-state index in [1.807, 2.05) is 0 Å². The van der Waals surface area contributed by atoms with Crippen LogP contribution in [0.3, 0.4) is 0 Å². The zero-order valence-electron chi connectivity index (χ0n) is 17.8. The van der Waals surface area contributed by atoms with Crippen molar-refractivity contribution in [3.05, 3.63) is 0 Å². The average Bonchev–Trinajstić information content (AvgIpc) is 2.66. The first kappa shape index (κ1) is 27.8. The molecule has 0 aromatic heterocycles. The quantitative estimate of drug-likeness (QED) is 0.146. The van der Waals surface area contributed by atoms with E-state index in [9.17, 15) is 28.8 Å². The number of nitrogens with one attached hydrogen (secondary N) is 3. The highest BCUT2D eigenvalue weighted by Gasteiger charge is 2.32. The Kier molecular flexibility index (Phi) is 11.8. The molecule has 0 spiro atoms. The lowest BCUT2D eigenvalue weighted by molar-refractivity contribution is -0.144. The lowest BCUT2D eigenvalue weighted by Gasteiger charge is -2.27. The van der Waals surface area contributed by atoms with Crippen molar-refractivity contribution in [1.29, 1.82) is 0 Å². The van der Waals surface area contributed by atoms with Gasteiger partial charge in [0.1, 0.15) is 18.1 Å². The minimum atomic E-state index is -1.62. The second kappa shape index (κ2) is 13.2. The maximum absolute atomic E-state index is 12.8. The number of carbonyl (C=O) groups excluding carboxylic acids is 5. The largest absolute Gasteiger partial charge is 0.480 e. The van der Waals surface area contributed by atoms with Crippen molar-refractivity contribution < 1.29 is 33.9 Å². The van der Waals surface area contributed by atoms with Crippen LogP contribution in [0.1, 0.15) is 46.5 Å². The number of carbonyl (C=O) groups is 6. The predicted molar refractivity (Wildman–Crippen MR) is 109 cm³/mol. The van der Waals surface area contributed by atoms with E-state index in [-0.39, 0.29) is 18.8 Å². The number of rotatable bonds is 14. The van der Waals surface area contributed by atoms with Crippen molar-refractivity contribution in [3.63, 3.8) is 0 Å². The van der Waals surface area contributed by atoms with E-state index < -0.39 is 66.1 Å². The fourth-order valence-electron chi connectivity index (χ4n) is 2.48. The van der Waals surface area contributed by atoms with Crippen LogP contribution in [0.5, 0.6) is 0 Å². The van der Waals surface area contributed by atoms with Crippen molar-refractivity contribution in [2.45, 2.75) is 70.6 Å². The van der Waals surface area contributed by atoms with Gasteiger partial charge in [-0.2, -0.15) is 0 Å². The number of amides is 5. The maximum atomic E-state index is 12.8. The summed E-state index contributed by atoms with van der Waals surface area (Å²) in [4.78, 5) is 70.8. The summed E-state index contributed by atoms with van der Waals surface area (Å²) in [5.41, 5.74) is 15.6. The third kappa shape index (κ3) is 10.4. The molecule has 0 aliphatic carbocycles. The minimum Gasteiger partial charge on any atom is -0.480 e. The minimum absolute atomic E-state index is 0.232. The molecular weight excluding hydrogens is 412 g/mol. The third-order valence-corrected chi connectivity index (χ3v) is 4.54. The highest BCUT2D eigenvalue weighted by atomic mass is 16.4. The fraction of sp³-hybridized carbons (Fsp3) is 0.667. The van der Waals surface area contributed by atoms with E-state index in [0.29, 0.717) is 6.42 Å². The van der Waals surface area contributed by atoms with Gasteiger partial charge < -0.3 is 38.3 Å². The molecular formula is C18H32N6O7. The number of carboxylic acids is 1. The van der Waals surface area contributed by atoms with Crippen LogP contribution >= 0.6 is 0 Å². The van der Waals surface area contributed by atoms with Gasteiger partial charge in [-0.3, -0.25) is 24.0 Å². The van der Waals surface area contributed by atoms with Crippen LogP contribution in [0.4, 0.5) is 0 Å². The Morgan fingerprint density at radius 2 is 1.39 bits per heavy atom. The highest BCUT2D eigenvalue weighted by Crippen LogP contribution is 2.10. The van der Waals surface area contributed by atoms with Crippen molar-refractivity contribution in [2.75, 3.05) is 0 Å². The number of aliphatic carboxylic acids is 1. The molecule has 0 aliphatic heterocycles. The van der Waals surface area contributed by atoms with E-state index in [1.54, 1.807) is 13.8 Å². The standard InChI is InChI=1S/C18H32N6O7/c1-4-8(2)14(24-15(27)9(3)19)17(29)22-10(5-6-12(20)25)16(28)23-11(18(30)31)7-13(21)26/h8-11,14H,4-7,19H2,1-3H3,(H2,20,25)(H2,21,26)(H,22,29)(H,23,28)(H,24,27)(H,30,31). The summed E-state index contributed by atoms with van der Waals surface area (Å²) in [6, 6.07) is -4.89. The molecule has 13 heteroatoms. The third-order valence-electron chi connectivity index (χ3n) is 4.54. The van der Waals surface area contributed by atoms with E-state index >= 15 is 0 Å². The Hall–Kier alpha value is -3.22. The molecule has 0 rings (SSSR count). The van der Waals surface area contributed by atoms with Crippen LogP contribution in [-0.2, 0) is 28.8 Å². The summed E-state index contributed by atoms with van der Waals surface area (Å²) < 4.78 is 0. The Balaban J connectivity index is 5.57. The summed E-state index contributed by atoms with van der Waals surface area (Å²) in [5, 5.41) is 16.2. The molecule has 0 radical (unpaired) electrons. The van der Waals surface area contributed by atoms with Crippen molar-refractivity contribution in [2.24, 2.45) is 23.1 Å². The highest BCUT2D eigenvalue weighted by molar-refractivity contribution is 5.95. The first-order valence-corrected chi connectivity index (χ1v) is 9.76. The fourth-order valence-corrected chi connectivity index (χ4v) is 2.48. The van der Waals surface area contributed by atoms with Crippen LogP contribution in [0, 0.1) is 5.92 Å². The van der Waals surface area contributed by atoms with Gasteiger partial charge in [0.25, 0.3) is 0 Å². The van der Waals surface area contributed by atoms with Gasteiger partial charge in [-0.15, -0.1) is 0 Å². The molecule has 5 amide bonds. The summed E-state index contributed by atoms with van der Waals surface area (Å²) in [6.07, 6.45) is -0.678. The van der Waals surface area contributed by atoms with Crippen molar-refractivity contribution >= 4 is 35.5 Å². The zero-order valence-corrected chi connectivity index (χ0v) is 17.8. The predicted octanol–water partition coefficient (Wildman–Crippen LogP) is -2.94. The Labute approximate surface area is 179 Å². The second-order valence-corrected chi connectivity index (χ2v) is 7.30. The molecule has 10 N–H and O–H groups in total. The maximum Gasteiger partial charge on any atom is 0.326 e. The summed E-state index contributed by atoms with van der Waals surface area (Å²) in [7, 11) is 0. The first-order chi connectivity index (χ1) is 14.3. The number of hydrogen-bond donors (Lipinski definition) is 7. The van der Waals surface area contributed by atoms with Gasteiger partial charge in [-0.25, -0.2) is 4.79 Å². The van der Waals surface area contributed by atoms with Gasteiger partial charge in [0, 0.05) is 6.42 Å². The van der Waals surface area contributed by atoms with Gasteiger partial charge in [0.15, 0.2) is 0 Å². The van der Waals surface area contributed by atoms with E-state index in [4.69, 9.17) is 22.3 Å². The lowest BCUT2D eigenvalue weighted by Crippen LogP contribution is -2.58. The summed E-state index contributed by atoms with van der Waals surface area (Å²) in [6.45, 7) is 4.94. The molecule has 31 heavy (non-hydrogen) atoms. The summed E-state index contributed by atoms with van der Waals surface area (Å²) >= 11 is 0. The molecule has 0 aromatic rings. The first-order valence-electron chi connectivity index (χ1n) is 9.76. The van der Waals surface area contributed by atoms with Crippen LogP contribution < -0.4 is 33.2 Å². The molecule has 0 aliphatic rings. The topological polar surface area (TPSA) is 237 Å². The van der Waals surface area contributed by atoms with E-state index in [0.717, 1.165) is 0 Å². The van der Waals surface area contributed by atoms with Crippen LogP contribution in [0.2, 0.25) is 0 Å². The molecule has 0 bridgehead atoms.